The lowest BCUT2D eigenvalue weighted by Gasteiger charge is -2.37. The van der Waals surface area contributed by atoms with E-state index in [0.29, 0.717) is 18.7 Å². The molecule has 0 radical (unpaired) electrons. The van der Waals surface area contributed by atoms with Crippen LogP contribution in [-0.2, 0) is 33.8 Å². The lowest BCUT2D eigenvalue weighted by molar-refractivity contribution is -0.140. The molecule has 3 aromatic carbocycles. The number of carbonyl (C=O) groups is 2. The van der Waals surface area contributed by atoms with Crippen LogP contribution in [0.3, 0.4) is 0 Å². The summed E-state index contributed by atoms with van der Waals surface area (Å²) in [5, 5.41) is 13.3. The van der Waals surface area contributed by atoms with E-state index in [-0.39, 0.29) is 5.92 Å². The molecule has 2 N–H and O–H groups in total. The highest BCUT2D eigenvalue weighted by molar-refractivity contribution is 5.94. The lowest BCUT2D eigenvalue weighted by atomic mass is 9.81. The van der Waals surface area contributed by atoms with Gasteiger partial charge in [0.2, 0.25) is 5.91 Å². The molecule has 6 nitrogen and oxygen atoms in total. The first-order valence-corrected chi connectivity index (χ1v) is 14.1. The van der Waals surface area contributed by atoms with Gasteiger partial charge < -0.3 is 19.6 Å². The lowest BCUT2D eigenvalue weighted by Crippen LogP contribution is -2.45. The molecule has 1 aliphatic rings. The zero-order chi connectivity index (χ0) is 28.7. The topological polar surface area (TPSA) is 88.8 Å². The number of furan rings is 1. The molecular weight excluding hydrogens is 514 g/mol. The van der Waals surface area contributed by atoms with Gasteiger partial charge in [0.05, 0.1) is 12.3 Å². The maximum atomic E-state index is 12.9. The normalized spacial score (nSPS) is 18.3. The number of allylic oxidation sites excluding steroid dienone is 2. The molecule has 5 rings (SSSR count). The van der Waals surface area contributed by atoms with Crippen molar-refractivity contribution < 1.29 is 23.8 Å². The van der Waals surface area contributed by atoms with E-state index in [1.165, 1.54) is 0 Å². The molecule has 2 atom stereocenters. The van der Waals surface area contributed by atoms with Gasteiger partial charge in [-0.2, -0.15) is 0 Å². The van der Waals surface area contributed by atoms with Crippen LogP contribution in [-0.4, -0.2) is 22.6 Å². The van der Waals surface area contributed by atoms with Gasteiger partial charge in [-0.15, -0.1) is 0 Å². The largest absolute Gasteiger partial charge is 0.481 e. The van der Waals surface area contributed by atoms with E-state index >= 15 is 0 Å². The van der Waals surface area contributed by atoms with Crippen LogP contribution in [0.1, 0.15) is 54.6 Å². The SMILES string of the molecule is CCCCc1oc2ccccc2c1CC1(OCc2ccccc2)C=CC(c2ccccc2)C=C1NC(=O)CC(=O)O. The van der Waals surface area contributed by atoms with Gasteiger partial charge in [-0.3, -0.25) is 9.59 Å². The second-order valence-corrected chi connectivity index (χ2v) is 10.4. The first-order chi connectivity index (χ1) is 20.0. The molecule has 210 valence electrons. The molecule has 1 aliphatic carbocycles. The summed E-state index contributed by atoms with van der Waals surface area (Å²) in [6, 6.07) is 27.9. The maximum absolute atomic E-state index is 12.9. The monoisotopic (exact) mass is 549 g/mol. The molecule has 6 heteroatoms. The van der Waals surface area contributed by atoms with E-state index in [1.807, 2.05) is 91.0 Å². The van der Waals surface area contributed by atoms with Crippen molar-refractivity contribution in [2.45, 2.75) is 57.2 Å². The summed E-state index contributed by atoms with van der Waals surface area (Å²) >= 11 is 0. The van der Waals surface area contributed by atoms with E-state index in [4.69, 9.17) is 9.15 Å². The summed E-state index contributed by atoms with van der Waals surface area (Å²) in [6.07, 6.45) is 8.67. The van der Waals surface area contributed by atoms with Crippen molar-refractivity contribution in [3.63, 3.8) is 0 Å². The minimum atomic E-state index is -1.19. The molecule has 1 aromatic heterocycles. The number of ether oxygens (including phenoxy) is 1. The number of nitrogens with one attached hydrogen (secondary N) is 1. The number of rotatable bonds is 12. The summed E-state index contributed by atoms with van der Waals surface area (Å²) in [5.74, 6) is -0.995. The Morgan fingerprint density at radius 3 is 2.41 bits per heavy atom. The Bertz CT molecular complexity index is 1550. The molecule has 0 spiro atoms. The molecule has 1 amide bonds. The van der Waals surface area contributed by atoms with Crippen LogP contribution >= 0.6 is 0 Å². The maximum Gasteiger partial charge on any atom is 0.312 e. The van der Waals surface area contributed by atoms with Crippen molar-refractivity contribution in [1.29, 1.82) is 0 Å². The third-order valence-electron chi connectivity index (χ3n) is 7.46. The predicted molar refractivity (Wildman–Crippen MR) is 159 cm³/mol. The molecule has 0 bridgehead atoms. The highest BCUT2D eigenvalue weighted by Crippen LogP contribution is 2.39. The summed E-state index contributed by atoms with van der Waals surface area (Å²) in [4.78, 5) is 24.3. The Balaban J connectivity index is 1.61. The van der Waals surface area contributed by atoms with Crippen molar-refractivity contribution in [1.82, 2.24) is 5.32 Å². The van der Waals surface area contributed by atoms with Crippen molar-refractivity contribution >= 4 is 22.8 Å². The van der Waals surface area contributed by atoms with E-state index in [0.717, 1.165) is 52.7 Å². The van der Waals surface area contributed by atoms with Gasteiger partial charge >= 0.3 is 5.97 Å². The van der Waals surface area contributed by atoms with Gasteiger partial charge in [0.15, 0.2) is 0 Å². The van der Waals surface area contributed by atoms with Crippen molar-refractivity contribution in [2.75, 3.05) is 0 Å². The Morgan fingerprint density at radius 1 is 0.976 bits per heavy atom. The number of hydrogen-bond donors (Lipinski definition) is 2. The Kier molecular flexibility index (Phi) is 8.80. The number of benzene rings is 3. The second-order valence-electron chi connectivity index (χ2n) is 10.4. The number of aliphatic carboxylic acids is 1. The number of carboxylic acid groups (broad SMARTS) is 1. The van der Waals surface area contributed by atoms with E-state index < -0.39 is 23.9 Å². The first kappa shape index (κ1) is 28.1. The summed E-state index contributed by atoms with van der Waals surface area (Å²) in [5.41, 5.74) is 3.36. The van der Waals surface area contributed by atoms with E-state index in [1.54, 1.807) is 0 Å². The molecule has 41 heavy (non-hydrogen) atoms. The molecule has 4 aromatic rings. The van der Waals surface area contributed by atoms with Crippen LogP contribution in [0.15, 0.2) is 113 Å². The minimum absolute atomic E-state index is 0.120. The fourth-order valence-electron chi connectivity index (χ4n) is 5.35. The number of aryl methyl sites for hydroxylation is 1. The summed E-state index contributed by atoms with van der Waals surface area (Å²) in [7, 11) is 0. The summed E-state index contributed by atoms with van der Waals surface area (Å²) in [6.45, 7) is 2.45. The first-order valence-electron chi connectivity index (χ1n) is 14.1. The minimum Gasteiger partial charge on any atom is -0.481 e. The molecule has 1 heterocycles. The van der Waals surface area contributed by atoms with Gasteiger partial charge in [0.25, 0.3) is 0 Å². The highest BCUT2D eigenvalue weighted by Gasteiger charge is 2.39. The van der Waals surface area contributed by atoms with Gasteiger partial charge in [-0.05, 0) is 29.7 Å². The molecular formula is C35H35NO5. The molecule has 0 saturated carbocycles. The van der Waals surface area contributed by atoms with Crippen LogP contribution in [0.4, 0.5) is 0 Å². The average Bonchev–Trinajstić information content (AvgIpc) is 3.33. The van der Waals surface area contributed by atoms with Gasteiger partial charge in [0, 0.05) is 29.7 Å². The van der Waals surface area contributed by atoms with Crippen LogP contribution < -0.4 is 5.32 Å². The van der Waals surface area contributed by atoms with Crippen molar-refractivity contribution in [2.24, 2.45) is 0 Å². The Morgan fingerprint density at radius 2 is 1.68 bits per heavy atom. The quantitative estimate of drug-likeness (QED) is 0.145. The smallest absolute Gasteiger partial charge is 0.312 e. The van der Waals surface area contributed by atoms with Crippen molar-refractivity contribution in [3.05, 3.63) is 131 Å². The zero-order valence-electron chi connectivity index (χ0n) is 23.2. The molecule has 0 saturated heterocycles. The second kappa shape index (κ2) is 12.8. The number of unbranched alkanes of at least 4 members (excludes halogenated alkanes) is 1. The highest BCUT2D eigenvalue weighted by atomic mass is 16.5. The van der Waals surface area contributed by atoms with Crippen LogP contribution in [0, 0.1) is 0 Å². The number of amides is 1. The number of carbonyl (C=O) groups excluding carboxylic acids is 1. The van der Waals surface area contributed by atoms with E-state index in [9.17, 15) is 14.7 Å². The number of para-hydroxylation sites is 1. The third kappa shape index (κ3) is 6.67. The standard InChI is InChI=1S/C35H35NO5/c1-2-3-17-31-29(28-16-10-11-18-30(28)41-31)23-35(40-24-25-12-6-4-7-13-25)20-19-27(26-14-8-5-9-15-26)21-32(35)36-33(37)22-34(38)39/h4-16,18-21,27H,2-3,17,22-24H2,1H3,(H,36,37)(H,38,39). The third-order valence-corrected chi connectivity index (χ3v) is 7.46. The average molecular weight is 550 g/mol. The van der Waals surface area contributed by atoms with Gasteiger partial charge in [-0.1, -0.05) is 104 Å². The summed E-state index contributed by atoms with van der Waals surface area (Å²) < 4.78 is 13.1. The number of fused-ring (bicyclic) bond motifs is 1. The van der Waals surface area contributed by atoms with Crippen LogP contribution in [0.2, 0.25) is 0 Å². The van der Waals surface area contributed by atoms with E-state index in [2.05, 4.69) is 24.4 Å². The Hall–Kier alpha value is -4.42. The van der Waals surface area contributed by atoms with Gasteiger partial charge in [-0.25, -0.2) is 0 Å². The number of hydrogen-bond acceptors (Lipinski definition) is 4. The fourth-order valence-corrected chi connectivity index (χ4v) is 5.35. The molecule has 0 fully saturated rings. The van der Waals surface area contributed by atoms with Crippen molar-refractivity contribution in [3.8, 4) is 0 Å². The zero-order valence-corrected chi connectivity index (χ0v) is 23.2. The Labute approximate surface area is 240 Å². The number of carboxylic acids is 1. The molecule has 0 aliphatic heterocycles. The molecule has 2 unspecified atom stereocenters. The van der Waals surface area contributed by atoms with Crippen LogP contribution in [0.5, 0.6) is 0 Å². The van der Waals surface area contributed by atoms with Gasteiger partial charge in [0.1, 0.15) is 23.4 Å². The van der Waals surface area contributed by atoms with Crippen LogP contribution in [0.25, 0.3) is 11.0 Å². The fraction of sp³-hybridized carbons (Fsp3) is 0.257. The predicted octanol–water partition coefficient (Wildman–Crippen LogP) is 7.10.